The van der Waals surface area contributed by atoms with Crippen molar-refractivity contribution in [1.82, 2.24) is 4.98 Å². The van der Waals surface area contributed by atoms with Crippen LogP contribution in [-0.2, 0) is 6.61 Å². The van der Waals surface area contributed by atoms with E-state index in [-0.39, 0.29) is 46.5 Å². The quantitative estimate of drug-likeness (QED) is 0.144. The van der Waals surface area contributed by atoms with Gasteiger partial charge in [0.05, 0.1) is 24.3 Å². The molecule has 0 saturated heterocycles. The van der Waals surface area contributed by atoms with Gasteiger partial charge >= 0.3 is 5.97 Å². The lowest BCUT2D eigenvalue weighted by Gasteiger charge is -2.17. The molecule has 0 saturated carbocycles. The molecule has 12 heteroatoms. The van der Waals surface area contributed by atoms with Crippen LogP contribution < -0.4 is 29.4 Å². The van der Waals surface area contributed by atoms with E-state index in [1.807, 2.05) is 36.4 Å². The maximum absolute atomic E-state index is 16.0. The molecule has 4 aromatic carbocycles. The van der Waals surface area contributed by atoms with E-state index in [0.29, 0.717) is 5.69 Å². The Bertz CT molecular complexity index is 1910. The molecule has 0 atom stereocenters. The molecule has 0 aliphatic carbocycles. The molecule has 10 nitrogen and oxygen atoms in total. The standard InChI is InChI=1S/C33H23F2N3O7/c1-41-26-15-21(33(39)40)11-13-25(26)44-30-28(34)31(43-23-9-5-8-22(37)16-23)38-32(29(30)35)45-27-14-20(17-36)10-12-24(27)42-18-19-6-3-2-4-7-19/h2-16H,18,37H2,1H3,(H,39,40). The van der Waals surface area contributed by atoms with Gasteiger partial charge in [0.2, 0.25) is 17.4 Å². The fourth-order valence-corrected chi connectivity index (χ4v) is 4.01. The summed E-state index contributed by atoms with van der Waals surface area (Å²) < 4.78 is 59.9. The van der Waals surface area contributed by atoms with E-state index in [1.54, 1.807) is 12.1 Å². The average Bonchev–Trinajstić information content (AvgIpc) is 3.05. The lowest BCUT2D eigenvalue weighted by molar-refractivity contribution is 0.0696. The molecule has 226 valence electrons. The van der Waals surface area contributed by atoms with Crippen LogP contribution in [0.3, 0.4) is 0 Å². The predicted octanol–water partition coefficient (Wildman–Crippen LogP) is 7.48. The van der Waals surface area contributed by atoms with Gasteiger partial charge in [0.25, 0.3) is 11.8 Å². The number of halogens is 2. The van der Waals surface area contributed by atoms with Crippen molar-refractivity contribution in [2.45, 2.75) is 6.61 Å². The maximum atomic E-state index is 16.0. The molecule has 1 aromatic heterocycles. The van der Waals surface area contributed by atoms with Gasteiger partial charge in [0, 0.05) is 17.8 Å². The Balaban J connectivity index is 1.58. The molecule has 5 rings (SSSR count). The summed E-state index contributed by atoms with van der Waals surface area (Å²) in [5.74, 6) is -6.74. The number of aromatic carboxylic acids is 1. The van der Waals surface area contributed by atoms with Crippen molar-refractivity contribution in [1.29, 1.82) is 5.26 Å². The summed E-state index contributed by atoms with van der Waals surface area (Å²) in [6.07, 6.45) is 0. The van der Waals surface area contributed by atoms with Crippen molar-refractivity contribution in [2.75, 3.05) is 12.8 Å². The average molecular weight is 612 g/mol. The van der Waals surface area contributed by atoms with Gasteiger partial charge in [0.1, 0.15) is 12.4 Å². The number of carboxylic acids is 1. The summed E-state index contributed by atoms with van der Waals surface area (Å²) in [6, 6.07) is 24.9. The molecule has 0 bridgehead atoms. The highest BCUT2D eigenvalue weighted by atomic mass is 19.1. The van der Waals surface area contributed by atoms with Gasteiger partial charge in [-0.25, -0.2) is 4.79 Å². The van der Waals surface area contributed by atoms with Crippen LogP contribution in [0.15, 0.2) is 91.0 Å². The van der Waals surface area contributed by atoms with Gasteiger partial charge < -0.3 is 34.5 Å². The Morgan fingerprint density at radius 2 is 1.58 bits per heavy atom. The van der Waals surface area contributed by atoms with Crippen LogP contribution >= 0.6 is 0 Å². The second-order valence-electron chi connectivity index (χ2n) is 9.28. The van der Waals surface area contributed by atoms with Crippen molar-refractivity contribution >= 4 is 11.7 Å². The number of pyridine rings is 1. The Morgan fingerprint density at radius 3 is 2.27 bits per heavy atom. The summed E-state index contributed by atoms with van der Waals surface area (Å²) in [6.45, 7) is 0.118. The third-order valence-electron chi connectivity index (χ3n) is 6.19. The number of carboxylic acid groups (broad SMARTS) is 1. The van der Waals surface area contributed by atoms with Gasteiger partial charge in [-0.05, 0) is 48.0 Å². The van der Waals surface area contributed by atoms with E-state index in [4.69, 9.17) is 29.4 Å². The highest BCUT2D eigenvalue weighted by molar-refractivity contribution is 5.88. The van der Waals surface area contributed by atoms with Gasteiger partial charge in [0.15, 0.2) is 23.0 Å². The van der Waals surface area contributed by atoms with E-state index in [2.05, 4.69) is 4.98 Å². The van der Waals surface area contributed by atoms with Gasteiger partial charge in [-0.3, -0.25) is 0 Å². The summed E-state index contributed by atoms with van der Waals surface area (Å²) in [5.41, 5.74) is 6.97. The number of aromatic nitrogens is 1. The third-order valence-corrected chi connectivity index (χ3v) is 6.19. The Morgan fingerprint density at radius 1 is 0.844 bits per heavy atom. The second kappa shape index (κ2) is 13.3. The molecule has 0 unspecified atom stereocenters. The van der Waals surface area contributed by atoms with Crippen molar-refractivity contribution in [3.63, 3.8) is 0 Å². The Labute approximate surface area is 255 Å². The highest BCUT2D eigenvalue weighted by Crippen LogP contribution is 2.43. The van der Waals surface area contributed by atoms with E-state index in [1.165, 1.54) is 49.6 Å². The number of nitrogen functional groups attached to an aromatic ring is 1. The highest BCUT2D eigenvalue weighted by Gasteiger charge is 2.28. The minimum Gasteiger partial charge on any atom is -0.493 e. The molecule has 5 aromatic rings. The predicted molar refractivity (Wildman–Crippen MR) is 157 cm³/mol. The summed E-state index contributed by atoms with van der Waals surface area (Å²) in [4.78, 5) is 15.3. The molecule has 45 heavy (non-hydrogen) atoms. The van der Waals surface area contributed by atoms with Crippen LogP contribution in [0.25, 0.3) is 0 Å². The lowest BCUT2D eigenvalue weighted by Crippen LogP contribution is -2.05. The molecule has 0 aliphatic heterocycles. The number of nitriles is 1. The largest absolute Gasteiger partial charge is 0.493 e. The number of benzene rings is 4. The smallest absolute Gasteiger partial charge is 0.335 e. The number of methoxy groups -OCH3 is 1. The first kappa shape index (κ1) is 30.1. The summed E-state index contributed by atoms with van der Waals surface area (Å²) in [7, 11) is 1.23. The molecule has 0 amide bonds. The number of rotatable bonds is 11. The van der Waals surface area contributed by atoms with E-state index in [0.717, 1.165) is 11.6 Å². The summed E-state index contributed by atoms with van der Waals surface area (Å²) in [5, 5.41) is 18.8. The third kappa shape index (κ3) is 7.00. The minimum absolute atomic E-state index is 0.0756. The van der Waals surface area contributed by atoms with Crippen molar-refractivity contribution < 1.29 is 42.4 Å². The minimum atomic E-state index is -1.38. The van der Waals surface area contributed by atoms with Crippen LogP contribution in [-0.4, -0.2) is 23.2 Å². The van der Waals surface area contributed by atoms with Crippen molar-refractivity contribution in [2.24, 2.45) is 0 Å². The van der Waals surface area contributed by atoms with Crippen LogP contribution in [0.1, 0.15) is 21.5 Å². The van der Waals surface area contributed by atoms with Crippen molar-refractivity contribution in [3.8, 4) is 52.3 Å². The zero-order valence-electron chi connectivity index (χ0n) is 23.5. The first-order valence-corrected chi connectivity index (χ1v) is 13.2. The van der Waals surface area contributed by atoms with Crippen molar-refractivity contribution in [3.05, 3.63) is 119 Å². The second-order valence-corrected chi connectivity index (χ2v) is 9.28. The number of carbonyl (C=O) groups is 1. The zero-order chi connectivity index (χ0) is 31.9. The molecule has 0 radical (unpaired) electrons. The van der Waals surface area contributed by atoms with E-state index < -0.39 is 35.1 Å². The molecule has 3 N–H and O–H groups in total. The van der Waals surface area contributed by atoms with Crippen LogP contribution in [0, 0.1) is 23.0 Å². The topological polar surface area (TPSA) is 146 Å². The molecule has 1 heterocycles. The monoisotopic (exact) mass is 611 g/mol. The fraction of sp³-hybridized carbons (Fsp3) is 0.0606. The zero-order valence-corrected chi connectivity index (χ0v) is 23.5. The lowest BCUT2D eigenvalue weighted by atomic mass is 10.2. The number of nitrogens with two attached hydrogens (primary N) is 1. The van der Waals surface area contributed by atoms with Crippen LogP contribution in [0.2, 0.25) is 0 Å². The fourth-order valence-electron chi connectivity index (χ4n) is 4.01. The number of anilines is 1. The molecule has 0 spiro atoms. The normalized spacial score (nSPS) is 10.4. The van der Waals surface area contributed by atoms with Crippen LogP contribution in [0.5, 0.6) is 46.3 Å². The Kier molecular flexibility index (Phi) is 8.91. The van der Waals surface area contributed by atoms with E-state index in [9.17, 15) is 15.2 Å². The Hall–Kier alpha value is -6.35. The molecule has 0 aliphatic rings. The number of ether oxygens (including phenoxy) is 5. The van der Waals surface area contributed by atoms with Gasteiger partial charge in [-0.1, -0.05) is 36.4 Å². The van der Waals surface area contributed by atoms with Gasteiger partial charge in [-0.2, -0.15) is 19.0 Å². The SMILES string of the molecule is COc1cc(C(=O)O)ccc1Oc1c(F)c(Oc2cccc(N)c2)nc(Oc2cc(C#N)ccc2OCc2ccccc2)c1F. The molecular formula is C33H23F2N3O7. The van der Waals surface area contributed by atoms with E-state index >= 15 is 8.78 Å². The number of nitrogens with zero attached hydrogens (tertiary/aromatic N) is 2. The molecular weight excluding hydrogens is 588 g/mol. The maximum Gasteiger partial charge on any atom is 0.335 e. The number of hydrogen-bond donors (Lipinski definition) is 2. The molecule has 0 fully saturated rings. The summed E-state index contributed by atoms with van der Waals surface area (Å²) >= 11 is 0. The van der Waals surface area contributed by atoms with Crippen LogP contribution in [0.4, 0.5) is 14.5 Å². The first-order valence-electron chi connectivity index (χ1n) is 13.2. The van der Waals surface area contributed by atoms with Gasteiger partial charge in [-0.15, -0.1) is 0 Å². The first-order chi connectivity index (χ1) is 21.7. The number of hydrogen-bond acceptors (Lipinski definition) is 9.